The van der Waals surface area contributed by atoms with E-state index in [9.17, 15) is 0 Å². The van der Waals surface area contributed by atoms with Gasteiger partial charge >= 0.3 is 0 Å². The van der Waals surface area contributed by atoms with Crippen molar-refractivity contribution in [3.63, 3.8) is 0 Å². The molecule has 0 aromatic carbocycles. The lowest BCUT2D eigenvalue weighted by atomic mass is 10.2. The predicted molar refractivity (Wildman–Crippen MR) is 69.8 cm³/mol. The zero-order chi connectivity index (χ0) is 11.8. The molecule has 0 atom stereocenters. The van der Waals surface area contributed by atoms with Gasteiger partial charge in [0.2, 0.25) is 0 Å². The molecule has 0 radical (unpaired) electrons. The summed E-state index contributed by atoms with van der Waals surface area (Å²) in [5.41, 5.74) is 8.12. The third kappa shape index (κ3) is 1.80. The van der Waals surface area contributed by atoms with Gasteiger partial charge in [0, 0.05) is 26.2 Å². The smallest absolute Gasteiger partial charge is 0.150 e. The Morgan fingerprint density at radius 2 is 2.35 bits per heavy atom. The van der Waals surface area contributed by atoms with Gasteiger partial charge in [0.05, 0.1) is 16.3 Å². The summed E-state index contributed by atoms with van der Waals surface area (Å²) in [5, 5.41) is 2.09. The van der Waals surface area contributed by atoms with Gasteiger partial charge in [-0.1, -0.05) is 6.07 Å². The first-order valence-electron chi connectivity index (χ1n) is 5.80. The highest BCUT2D eigenvalue weighted by Gasteiger charge is 2.22. The van der Waals surface area contributed by atoms with Gasteiger partial charge in [-0.3, -0.25) is 4.90 Å². The van der Waals surface area contributed by atoms with Crippen LogP contribution in [0.4, 0.5) is 0 Å². The van der Waals surface area contributed by atoms with Crippen molar-refractivity contribution in [3.8, 4) is 10.7 Å². The minimum Gasteiger partial charge on any atom is -0.325 e. The molecule has 0 fully saturated rings. The zero-order valence-corrected chi connectivity index (χ0v) is 10.7. The Labute approximate surface area is 105 Å². The maximum Gasteiger partial charge on any atom is 0.150 e. The predicted octanol–water partition coefficient (Wildman–Crippen LogP) is 1.52. The first-order chi connectivity index (χ1) is 8.29. The quantitative estimate of drug-likeness (QED) is 0.876. The molecule has 1 aliphatic heterocycles. The van der Waals surface area contributed by atoms with Crippen molar-refractivity contribution in [3.05, 3.63) is 28.9 Å². The van der Waals surface area contributed by atoms with Crippen molar-refractivity contribution in [2.75, 3.05) is 13.6 Å². The number of hydrogen-bond donors (Lipinski definition) is 1. The normalized spacial score (nSPS) is 16.1. The van der Waals surface area contributed by atoms with E-state index in [0.29, 0.717) is 6.54 Å². The number of rotatable bonds is 2. The monoisotopic (exact) mass is 248 g/mol. The standard InChI is InChI=1S/C12H16N4S/c1-15-4-5-16-10(8-15)9(7-13)14-12(16)11-3-2-6-17-11/h2-3,6H,4-5,7-8,13H2,1H3. The maximum absolute atomic E-state index is 5.80. The van der Waals surface area contributed by atoms with Crippen LogP contribution in [-0.2, 0) is 19.6 Å². The van der Waals surface area contributed by atoms with Crippen molar-refractivity contribution in [2.24, 2.45) is 5.73 Å². The summed E-state index contributed by atoms with van der Waals surface area (Å²) < 4.78 is 2.33. The number of nitrogens with zero attached hydrogens (tertiary/aromatic N) is 3. The van der Waals surface area contributed by atoms with Crippen LogP contribution in [0.1, 0.15) is 11.4 Å². The molecule has 3 heterocycles. The second-order valence-corrected chi connectivity index (χ2v) is 5.35. The highest BCUT2D eigenvalue weighted by molar-refractivity contribution is 7.13. The minimum atomic E-state index is 0.522. The van der Waals surface area contributed by atoms with Gasteiger partial charge in [0.25, 0.3) is 0 Å². The van der Waals surface area contributed by atoms with E-state index in [1.807, 2.05) is 0 Å². The molecule has 17 heavy (non-hydrogen) atoms. The van der Waals surface area contributed by atoms with E-state index in [1.165, 1.54) is 10.6 Å². The van der Waals surface area contributed by atoms with Gasteiger partial charge in [-0.15, -0.1) is 11.3 Å². The fourth-order valence-corrected chi connectivity index (χ4v) is 3.04. The number of hydrogen-bond acceptors (Lipinski definition) is 4. The summed E-state index contributed by atoms with van der Waals surface area (Å²) >= 11 is 1.74. The molecular formula is C12H16N4S. The number of imidazole rings is 1. The van der Waals surface area contributed by atoms with Gasteiger partial charge in [0.15, 0.2) is 5.82 Å². The van der Waals surface area contributed by atoms with Crippen molar-refractivity contribution >= 4 is 11.3 Å². The number of likely N-dealkylation sites (N-methyl/N-ethyl adjacent to an activating group) is 1. The molecule has 0 saturated carbocycles. The lowest BCUT2D eigenvalue weighted by Crippen LogP contribution is -2.31. The molecule has 2 aromatic heterocycles. The van der Waals surface area contributed by atoms with Crippen LogP contribution in [0.15, 0.2) is 17.5 Å². The highest BCUT2D eigenvalue weighted by Crippen LogP contribution is 2.28. The summed E-state index contributed by atoms with van der Waals surface area (Å²) in [6.07, 6.45) is 0. The van der Waals surface area contributed by atoms with Gasteiger partial charge in [0.1, 0.15) is 0 Å². The largest absolute Gasteiger partial charge is 0.325 e. The van der Waals surface area contributed by atoms with Crippen LogP contribution < -0.4 is 5.73 Å². The average molecular weight is 248 g/mol. The Balaban J connectivity index is 2.12. The molecular weight excluding hydrogens is 232 g/mol. The van der Waals surface area contributed by atoms with Gasteiger partial charge in [-0.05, 0) is 18.5 Å². The molecule has 2 aromatic rings. The SMILES string of the molecule is CN1CCn2c(-c3cccs3)nc(CN)c2C1. The lowest BCUT2D eigenvalue weighted by Gasteiger charge is -2.25. The Morgan fingerprint density at radius 1 is 1.47 bits per heavy atom. The fraction of sp³-hybridized carbons (Fsp3) is 0.417. The van der Waals surface area contributed by atoms with E-state index < -0.39 is 0 Å². The van der Waals surface area contributed by atoms with Crippen LogP contribution in [0.5, 0.6) is 0 Å². The van der Waals surface area contributed by atoms with E-state index in [-0.39, 0.29) is 0 Å². The van der Waals surface area contributed by atoms with Crippen molar-refractivity contribution in [2.45, 2.75) is 19.6 Å². The van der Waals surface area contributed by atoms with E-state index in [2.05, 4.69) is 34.0 Å². The van der Waals surface area contributed by atoms with Crippen molar-refractivity contribution < 1.29 is 0 Å². The first kappa shape index (κ1) is 11.0. The molecule has 0 bridgehead atoms. The molecule has 4 nitrogen and oxygen atoms in total. The molecule has 0 saturated heterocycles. The number of fused-ring (bicyclic) bond motifs is 1. The average Bonchev–Trinajstić information content (AvgIpc) is 2.94. The minimum absolute atomic E-state index is 0.522. The number of nitrogens with two attached hydrogens (primary N) is 1. The van der Waals surface area contributed by atoms with Crippen molar-refractivity contribution in [1.29, 1.82) is 0 Å². The van der Waals surface area contributed by atoms with Gasteiger partial charge in [-0.25, -0.2) is 4.98 Å². The Morgan fingerprint density at radius 3 is 3.06 bits per heavy atom. The molecule has 90 valence electrons. The maximum atomic E-state index is 5.80. The van der Waals surface area contributed by atoms with Crippen molar-refractivity contribution in [1.82, 2.24) is 14.5 Å². The second kappa shape index (κ2) is 4.25. The van der Waals surface area contributed by atoms with Crippen LogP contribution in [0.25, 0.3) is 10.7 Å². The van der Waals surface area contributed by atoms with Crippen LogP contribution in [0.2, 0.25) is 0 Å². The van der Waals surface area contributed by atoms with Gasteiger partial charge < -0.3 is 10.3 Å². The van der Waals surface area contributed by atoms with Crippen LogP contribution in [0.3, 0.4) is 0 Å². The molecule has 0 aliphatic carbocycles. The Hall–Kier alpha value is -1.17. The van der Waals surface area contributed by atoms with Crippen LogP contribution in [-0.4, -0.2) is 28.0 Å². The van der Waals surface area contributed by atoms with E-state index in [1.54, 1.807) is 11.3 Å². The summed E-state index contributed by atoms with van der Waals surface area (Å²) in [7, 11) is 2.14. The Kier molecular flexibility index (Phi) is 2.74. The molecule has 2 N–H and O–H groups in total. The van der Waals surface area contributed by atoms with E-state index in [0.717, 1.165) is 31.2 Å². The third-order valence-corrected chi connectivity index (χ3v) is 4.08. The molecule has 0 amide bonds. The third-order valence-electron chi connectivity index (χ3n) is 3.22. The molecule has 1 aliphatic rings. The van der Waals surface area contributed by atoms with E-state index >= 15 is 0 Å². The lowest BCUT2D eigenvalue weighted by molar-refractivity contribution is 0.270. The van der Waals surface area contributed by atoms with E-state index in [4.69, 9.17) is 10.7 Å². The number of aromatic nitrogens is 2. The summed E-state index contributed by atoms with van der Waals surface area (Å²) in [6, 6.07) is 4.19. The second-order valence-electron chi connectivity index (χ2n) is 4.40. The summed E-state index contributed by atoms with van der Waals surface area (Å²) in [4.78, 5) is 8.25. The molecule has 5 heteroatoms. The topological polar surface area (TPSA) is 47.1 Å². The Bertz CT molecular complexity index is 515. The van der Waals surface area contributed by atoms with Crippen LogP contribution >= 0.6 is 11.3 Å². The van der Waals surface area contributed by atoms with Gasteiger partial charge in [-0.2, -0.15) is 0 Å². The highest BCUT2D eigenvalue weighted by atomic mass is 32.1. The molecule has 0 spiro atoms. The summed E-state index contributed by atoms with van der Waals surface area (Å²) in [5.74, 6) is 1.09. The molecule has 0 unspecified atom stereocenters. The first-order valence-corrected chi connectivity index (χ1v) is 6.68. The number of thiophene rings is 1. The molecule has 3 rings (SSSR count). The zero-order valence-electron chi connectivity index (χ0n) is 9.89. The summed E-state index contributed by atoms with van der Waals surface area (Å²) in [6.45, 7) is 3.55. The van der Waals surface area contributed by atoms with Crippen LogP contribution in [0, 0.1) is 0 Å². The fourth-order valence-electron chi connectivity index (χ4n) is 2.32.